The fourth-order valence-corrected chi connectivity index (χ4v) is 2.05. The molecule has 0 unspecified atom stereocenters. The van der Waals surface area contributed by atoms with Gasteiger partial charge in [-0.05, 0) is 19.1 Å². The lowest BCUT2D eigenvalue weighted by Crippen LogP contribution is -1.96. The Morgan fingerprint density at radius 2 is 2.18 bits per heavy atom. The Balaban J connectivity index is 1.90. The molecule has 0 atom stereocenters. The lowest BCUT2D eigenvalue weighted by molar-refractivity contribution is 0.101. The summed E-state index contributed by atoms with van der Waals surface area (Å²) >= 11 is 0. The number of hydrogen-bond acceptors (Lipinski definition) is 5. The van der Waals surface area contributed by atoms with Crippen LogP contribution in [0.1, 0.15) is 17.3 Å². The molecule has 0 saturated carbocycles. The van der Waals surface area contributed by atoms with E-state index < -0.39 is 5.82 Å². The zero-order valence-corrected chi connectivity index (χ0v) is 12.0. The first-order valence-corrected chi connectivity index (χ1v) is 6.53. The largest absolute Gasteiger partial charge is 0.479 e. The topological polar surface area (TPSA) is 68.5 Å². The number of Topliss-reactive ketones (excluding diaryl/α,β-unsaturated/α-hetero) is 1. The van der Waals surface area contributed by atoms with Gasteiger partial charge in [0.05, 0.1) is 25.2 Å². The van der Waals surface area contributed by atoms with Gasteiger partial charge in [0.25, 0.3) is 0 Å². The van der Waals surface area contributed by atoms with Gasteiger partial charge < -0.3 is 14.5 Å². The summed E-state index contributed by atoms with van der Waals surface area (Å²) in [5.41, 5.74) is 1.72. The SMILES string of the molecule is COc1ncc(Nc2cn3cc(C(C)=O)ccc3n2)cc1F. The maximum atomic E-state index is 13.6. The van der Waals surface area contributed by atoms with Gasteiger partial charge in [-0.3, -0.25) is 4.79 Å². The Bertz CT molecular complexity index is 860. The fourth-order valence-electron chi connectivity index (χ4n) is 2.05. The third kappa shape index (κ3) is 2.60. The van der Waals surface area contributed by atoms with Gasteiger partial charge >= 0.3 is 0 Å². The molecule has 3 rings (SSSR count). The Kier molecular flexibility index (Phi) is 3.46. The summed E-state index contributed by atoms with van der Waals surface area (Å²) in [7, 11) is 1.35. The highest BCUT2D eigenvalue weighted by atomic mass is 19.1. The van der Waals surface area contributed by atoms with Gasteiger partial charge in [0.15, 0.2) is 11.6 Å². The summed E-state index contributed by atoms with van der Waals surface area (Å²) in [5.74, 6) is -0.125. The van der Waals surface area contributed by atoms with Crippen molar-refractivity contribution in [3.05, 3.63) is 48.2 Å². The Labute approximate surface area is 125 Å². The number of fused-ring (bicyclic) bond motifs is 1. The molecule has 3 aromatic rings. The number of nitrogens with one attached hydrogen (secondary N) is 1. The Morgan fingerprint density at radius 3 is 2.86 bits per heavy atom. The molecule has 0 fully saturated rings. The number of nitrogens with zero attached hydrogens (tertiary/aromatic N) is 3. The fraction of sp³-hybridized carbons (Fsp3) is 0.133. The van der Waals surface area contributed by atoms with Gasteiger partial charge in [-0.25, -0.2) is 14.4 Å². The highest BCUT2D eigenvalue weighted by molar-refractivity contribution is 5.94. The van der Waals surface area contributed by atoms with Gasteiger partial charge in [-0.2, -0.15) is 0 Å². The predicted molar refractivity (Wildman–Crippen MR) is 79.2 cm³/mol. The summed E-state index contributed by atoms with van der Waals surface area (Å²) in [6.07, 6.45) is 4.86. The van der Waals surface area contributed by atoms with E-state index in [0.29, 0.717) is 22.7 Å². The molecular weight excluding hydrogens is 287 g/mol. The van der Waals surface area contributed by atoms with Crippen LogP contribution in [0.5, 0.6) is 5.88 Å². The average molecular weight is 300 g/mol. The van der Waals surface area contributed by atoms with Crippen molar-refractivity contribution in [1.29, 1.82) is 0 Å². The number of ketones is 1. The van der Waals surface area contributed by atoms with Crippen molar-refractivity contribution in [1.82, 2.24) is 14.4 Å². The van der Waals surface area contributed by atoms with Crippen LogP contribution >= 0.6 is 0 Å². The molecule has 0 aromatic carbocycles. The van der Waals surface area contributed by atoms with E-state index in [9.17, 15) is 9.18 Å². The highest BCUT2D eigenvalue weighted by Gasteiger charge is 2.08. The normalized spacial score (nSPS) is 10.7. The van der Waals surface area contributed by atoms with Crippen molar-refractivity contribution < 1.29 is 13.9 Å². The summed E-state index contributed by atoms with van der Waals surface area (Å²) in [4.78, 5) is 19.6. The summed E-state index contributed by atoms with van der Waals surface area (Å²) < 4.78 is 20.1. The van der Waals surface area contributed by atoms with E-state index in [0.717, 1.165) is 0 Å². The molecule has 0 amide bonds. The van der Waals surface area contributed by atoms with Gasteiger partial charge in [0, 0.05) is 17.8 Å². The third-order valence-electron chi connectivity index (χ3n) is 3.13. The van der Waals surface area contributed by atoms with Crippen molar-refractivity contribution in [2.45, 2.75) is 6.92 Å². The molecule has 0 spiro atoms. The van der Waals surface area contributed by atoms with E-state index in [-0.39, 0.29) is 11.7 Å². The minimum atomic E-state index is -0.560. The van der Waals surface area contributed by atoms with E-state index in [1.165, 1.54) is 26.3 Å². The third-order valence-corrected chi connectivity index (χ3v) is 3.13. The number of imidazole rings is 1. The molecule has 22 heavy (non-hydrogen) atoms. The van der Waals surface area contributed by atoms with Crippen molar-refractivity contribution in [2.24, 2.45) is 0 Å². The zero-order valence-electron chi connectivity index (χ0n) is 12.0. The molecule has 0 radical (unpaired) electrons. The quantitative estimate of drug-likeness (QED) is 0.750. The number of halogens is 1. The molecule has 6 nitrogen and oxygen atoms in total. The number of rotatable bonds is 4. The number of pyridine rings is 2. The van der Waals surface area contributed by atoms with Crippen molar-refractivity contribution in [3.63, 3.8) is 0 Å². The van der Waals surface area contributed by atoms with Crippen molar-refractivity contribution >= 4 is 22.9 Å². The van der Waals surface area contributed by atoms with Crippen LogP contribution in [0.3, 0.4) is 0 Å². The van der Waals surface area contributed by atoms with Crippen molar-refractivity contribution in [3.8, 4) is 5.88 Å². The minimum Gasteiger partial charge on any atom is -0.479 e. The minimum absolute atomic E-state index is 0.0217. The van der Waals surface area contributed by atoms with Crippen molar-refractivity contribution in [2.75, 3.05) is 12.4 Å². The number of carbonyl (C=O) groups is 1. The molecule has 0 aliphatic heterocycles. The lowest BCUT2D eigenvalue weighted by atomic mass is 10.2. The predicted octanol–water partition coefficient (Wildman–Crippen LogP) is 2.82. The van der Waals surface area contributed by atoms with Crippen LogP contribution in [0, 0.1) is 5.82 Å². The van der Waals surface area contributed by atoms with Crippen LogP contribution in [0.25, 0.3) is 5.65 Å². The Hall–Kier alpha value is -2.96. The second-order valence-electron chi connectivity index (χ2n) is 4.71. The maximum Gasteiger partial charge on any atom is 0.250 e. The monoisotopic (exact) mass is 300 g/mol. The van der Waals surface area contributed by atoms with Gasteiger partial charge in [-0.1, -0.05) is 0 Å². The molecule has 0 aliphatic rings. The first-order valence-electron chi connectivity index (χ1n) is 6.53. The number of methoxy groups -OCH3 is 1. The number of anilines is 2. The number of carbonyl (C=O) groups excluding carboxylic acids is 1. The smallest absolute Gasteiger partial charge is 0.250 e. The van der Waals surface area contributed by atoms with Gasteiger partial charge in [0.2, 0.25) is 5.88 Å². The van der Waals surface area contributed by atoms with E-state index in [1.54, 1.807) is 28.9 Å². The highest BCUT2D eigenvalue weighted by Crippen LogP contribution is 2.21. The number of ether oxygens (including phenoxy) is 1. The molecule has 7 heteroatoms. The van der Waals surface area contributed by atoms with Crippen LogP contribution in [0.2, 0.25) is 0 Å². The second kappa shape index (κ2) is 5.44. The van der Waals surface area contributed by atoms with Crippen LogP contribution in [-0.2, 0) is 0 Å². The zero-order chi connectivity index (χ0) is 15.7. The number of aromatic nitrogens is 3. The van der Waals surface area contributed by atoms with Crippen LogP contribution < -0.4 is 10.1 Å². The molecule has 0 saturated heterocycles. The van der Waals surface area contributed by atoms with Crippen LogP contribution in [0.4, 0.5) is 15.9 Å². The summed E-state index contributed by atoms with van der Waals surface area (Å²) in [6.45, 7) is 1.50. The van der Waals surface area contributed by atoms with E-state index in [4.69, 9.17) is 4.74 Å². The van der Waals surface area contributed by atoms with E-state index in [2.05, 4.69) is 15.3 Å². The number of hydrogen-bond donors (Lipinski definition) is 1. The first-order chi connectivity index (χ1) is 10.6. The standard InChI is InChI=1S/C15H13FN4O2/c1-9(21)10-3-4-14-19-13(8-20(14)7-10)18-11-5-12(16)15(22-2)17-6-11/h3-8,18H,1-2H3. The van der Waals surface area contributed by atoms with Gasteiger partial charge in [0.1, 0.15) is 11.5 Å². The molecule has 1 N–H and O–H groups in total. The molecule has 3 aromatic heterocycles. The lowest BCUT2D eigenvalue weighted by Gasteiger charge is -2.04. The molecule has 0 aliphatic carbocycles. The molecule has 3 heterocycles. The maximum absolute atomic E-state index is 13.6. The first kappa shape index (κ1) is 14.0. The van der Waals surface area contributed by atoms with E-state index >= 15 is 0 Å². The summed E-state index contributed by atoms with van der Waals surface area (Å²) in [5, 5.41) is 2.96. The van der Waals surface area contributed by atoms with Gasteiger partial charge in [-0.15, -0.1) is 0 Å². The van der Waals surface area contributed by atoms with Crippen LogP contribution in [-0.4, -0.2) is 27.3 Å². The molecule has 112 valence electrons. The summed E-state index contributed by atoms with van der Waals surface area (Å²) in [6, 6.07) is 4.73. The Morgan fingerprint density at radius 1 is 1.36 bits per heavy atom. The average Bonchev–Trinajstić information content (AvgIpc) is 2.88. The second-order valence-corrected chi connectivity index (χ2v) is 4.71. The molecular formula is C15H13FN4O2. The molecule has 0 bridgehead atoms. The van der Waals surface area contributed by atoms with Crippen LogP contribution in [0.15, 0.2) is 36.8 Å². The van der Waals surface area contributed by atoms with E-state index in [1.807, 2.05) is 0 Å².